The lowest BCUT2D eigenvalue weighted by Gasteiger charge is -2.38. The van der Waals surface area contributed by atoms with Gasteiger partial charge in [0.2, 0.25) is 0 Å². The molecule has 0 aromatic heterocycles. The van der Waals surface area contributed by atoms with Crippen molar-refractivity contribution in [1.82, 2.24) is 0 Å². The number of alkyl halides is 13. The van der Waals surface area contributed by atoms with Crippen LogP contribution >= 0.6 is 12.6 Å². The van der Waals surface area contributed by atoms with Crippen LogP contribution in [0.5, 0.6) is 0 Å². The maximum atomic E-state index is 12.7. The third kappa shape index (κ3) is 2.50. The van der Waals surface area contributed by atoms with Crippen molar-refractivity contribution < 1.29 is 61.9 Å². The fourth-order valence-corrected chi connectivity index (χ4v) is 1.04. The number of thiol groups is 1. The first-order valence-electron chi connectivity index (χ1n) is 4.38. The molecule has 0 spiro atoms. The molecule has 0 bridgehead atoms. The second-order valence-corrected chi connectivity index (χ2v) is 4.08. The molecule has 0 radical (unpaired) electrons. The average Bonchev–Trinajstić information content (AvgIpc) is 2.25. The van der Waals surface area contributed by atoms with Crippen LogP contribution in [-0.2, 0) is 4.79 Å². The zero-order chi connectivity index (χ0) is 18.6. The largest absolute Gasteiger partial charge is 0.460 e. The predicted octanol–water partition coefficient (Wildman–Crippen LogP) is 4.18. The number of rotatable bonds is 5. The van der Waals surface area contributed by atoms with Crippen LogP contribution < -0.4 is 0 Å². The Morgan fingerprint density at radius 3 is 1.05 bits per heavy atom. The first kappa shape index (κ1) is 21.1. The van der Waals surface area contributed by atoms with E-state index < -0.39 is 40.9 Å². The van der Waals surface area contributed by atoms with E-state index in [1.54, 1.807) is 0 Å². The van der Waals surface area contributed by atoms with Gasteiger partial charge in [-0.3, -0.25) is 4.79 Å². The Morgan fingerprint density at radius 2 is 0.818 bits per heavy atom. The van der Waals surface area contributed by atoms with Crippen LogP contribution in [0, 0.1) is 0 Å². The molecule has 0 fully saturated rings. The van der Waals surface area contributed by atoms with Crippen molar-refractivity contribution in [1.29, 1.82) is 0 Å². The van der Waals surface area contributed by atoms with Crippen LogP contribution in [0.1, 0.15) is 0 Å². The lowest BCUT2D eigenvalue weighted by atomic mass is 9.94. The predicted molar refractivity (Wildman–Crippen MR) is 44.8 cm³/mol. The summed E-state index contributed by atoms with van der Waals surface area (Å²) in [5, 5.41) is -3.46. The number of carbonyl (C=O) groups excluding carboxylic acids is 1. The van der Waals surface area contributed by atoms with Gasteiger partial charge in [0.05, 0.1) is 0 Å². The highest BCUT2D eigenvalue weighted by Crippen LogP contribution is 2.60. The van der Waals surface area contributed by atoms with Gasteiger partial charge in [-0.05, 0) is 0 Å². The molecule has 22 heavy (non-hydrogen) atoms. The number of hydrogen-bond donors (Lipinski definition) is 1. The summed E-state index contributed by atoms with van der Waals surface area (Å²) in [6, 6.07) is 0. The lowest BCUT2D eigenvalue weighted by molar-refractivity contribution is -0.435. The van der Waals surface area contributed by atoms with Gasteiger partial charge in [0.25, 0.3) is 5.12 Å². The third-order valence-electron chi connectivity index (χ3n) is 2.20. The molecule has 132 valence electrons. The Kier molecular flexibility index (Phi) is 4.85. The second kappa shape index (κ2) is 5.06. The zero-order valence-corrected chi connectivity index (χ0v) is 10.2. The van der Waals surface area contributed by atoms with Crippen LogP contribution in [0.25, 0.3) is 0 Å². The topological polar surface area (TPSA) is 17.1 Å². The summed E-state index contributed by atoms with van der Waals surface area (Å²) in [5.41, 5.74) is 0. The van der Waals surface area contributed by atoms with Crippen LogP contribution in [0.2, 0.25) is 0 Å². The zero-order valence-electron chi connectivity index (χ0n) is 9.27. The van der Waals surface area contributed by atoms with E-state index >= 15 is 0 Å². The summed E-state index contributed by atoms with van der Waals surface area (Å²) in [6.07, 6.45) is -7.48. The van der Waals surface area contributed by atoms with Crippen LogP contribution in [0.4, 0.5) is 57.1 Å². The van der Waals surface area contributed by atoms with E-state index in [2.05, 4.69) is 0 Å². The van der Waals surface area contributed by atoms with E-state index in [0.717, 1.165) is 0 Å². The normalized spacial score (nSPS) is 15.9. The van der Waals surface area contributed by atoms with Crippen molar-refractivity contribution >= 4 is 17.7 Å². The molecule has 0 aromatic rings. The molecule has 0 aliphatic rings. The highest BCUT2D eigenvalue weighted by molar-refractivity contribution is 7.96. The van der Waals surface area contributed by atoms with E-state index in [1.165, 1.54) is 0 Å². The van der Waals surface area contributed by atoms with E-state index in [-0.39, 0.29) is 0 Å². The maximum Gasteiger partial charge on any atom is 0.460 e. The molecule has 0 amide bonds. The van der Waals surface area contributed by atoms with Crippen molar-refractivity contribution in [3.8, 4) is 0 Å². The van der Waals surface area contributed by atoms with Gasteiger partial charge in [-0.2, -0.15) is 57.1 Å². The van der Waals surface area contributed by atoms with Crippen LogP contribution in [0.3, 0.4) is 0 Å². The number of halogens is 13. The first-order chi connectivity index (χ1) is 9.19. The summed E-state index contributed by atoms with van der Waals surface area (Å²) in [7, 11) is 0. The highest BCUT2D eigenvalue weighted by Gasteiger charge is 2.91. The minimum atomic E-state index is -8.01. The van der Waals surface area contributed by atoms with Gasteiger partial charge >= 0.3 is 35.8 Å². The molecular formula is C7HF13OS. The summed E-state index contributed by atoms with van der Waals surface area (Å²) in [4.78, 5) is 9.98. The molecule has 15 heteroatoms. The van der Waals surface area contributed by atoms with Gasteiger partial charge in [-0.15, -0.1) is 0 Å². The SMILES string of the molecule is O=C(S)C(F)(F)C(F)(F)C(F)(F)C(F)(F)C(F)(F)C(F)(F)F. The molecule has 0 rings (SSSR count). The second-order valence-electron chi connectivity index (χ2n) is 3.67. The molecule has 0 aliphatic heterocycles. The van der Waals surface area contributed by atoms with E-state index in [4.69, 9.17) is 0 Å². The maximum absolute atomic E-state index is 12.7. The minimum Gasteiger partial charge on any atom is -0.280 e. The molecule has 0 aromatic carbocycles. The molecule has 0 saturated carbocycles. The Bertz CT molecular complexity index is 450. The van der Waals surface area contributed by atoms with Gasteiger partial charge in [0.1, 0.15) is 0 Å². The molecule has 0 N–H and O–H groups in total. The monoisotopic (exact) mass is 380 g/mol. The van der Waals surface area contributed by atoms with Gasteiger partial charge in [0, 0.05) is 0 Å². The minimum absolute atomic E-state index is 1.97. The van der Waals surface area contributed by atoms with E-state index in [1.807, 2.05) is 12.6 Å². The number of hydrogen-bond acceptors (Lipinski definition) is 1. The van der Waals surface area contributed by atoms with Gasteiger partial charge in [0.15, 0.2) is 0 Å². The average molecular weight is 380 g/mol. The highest BCUT2D eigenvalue weighted by atomic mass is 32.1. The van der Waals surface area contributed by atoms with Crippen LogP contribution in [0.15, 0.2) is 0 Å². The van der Waals surface area contributed by atoms with E-state index in [9.17, 15) is 61.9 Å². The lowest BCUT2D eigenvalue weighted by Crippen LogP contribution is -2.70. The molecule has 0 saturated heterocycles. The molecule has 0 aliphatic carbocycles. The third-order valence-corrected chi connectivity index (χ3v) is 2.48. The molecule has 1 nitrogen and oxygen atoms in total. The van der Waals surface area contributed by atoms with Crippen molar-refractivity contribution in [2.75, 3.05) is 0 Å². The summed E-state index contributed by atoms with van der Waals surface area (Å²) < 4.78 is 160. The summed E-state index contributed by atoms with van der Waals surface area (Å²) >= 11 is 1.97. The van der Waals surface area contributed by atoms with Crippen molar-refractivity contribution in [3.05, 3.63) is 0 Å². The van der Waals surface area contributed by atoms with Crippen molar-refractivity contribution in [3.63, 3.8) is 0 Å². The Hall–Kier alpha value is -0.890. The van der Waals surface area contributed by atoms with Gasteiger partial charge < -0.3 is 0 Å². The van der Waals surface area contributed by atoms with Crippen LogP contribution in [-0.4, -0.2) is 40.9 Å². The summed E-state index contributed by atoms with van der Waals surface area (Å²) in [6.45, 7) is 0. The Labute approximate surface area is 116 Å². The molecule has 0 heterocycles. The smallest absolute Gasteiger partial charge is 0.280 e. The quantitative estimate of drug-likeness (QED) is 0.560. The fourth-order valence-electron chi connectivity index (χ4n) is 0.904. The summed E-state index contributed by atoms with van der Waals surface area (Å²) in [5.74, 6) is -38.1. The van der Waals surface area contributed by atoms with Crippen molar-refractivity contribution in [2.24, 2.45) is 0 Å². The van der Waals surface area contributed by atoms with Gasteiger partial charge in [-0.1, -0.05) is 12.6 Å². The fraction of sp³-hybridized carbons (Fsp3) is 0.857. The Morgan fingerprint density at radius 1 is 0.545 bits per heavy atom. The van der Waals surface area contributed by atoms with Crippen molar-refractivity contribution in [2.45, 2.75) is 35.8 Å². The number of carbonyl (C=O) groups is 1. The van der Waals surface area contributed by atoms with Gasteiger partial charge in [-0.25, -0.2) is 0 Å². The standard InChI is InChI=1S/C7HF13OS/c8-2(9,1(21)22)3(10,11)4(12,13)5(14,15)6(16,17)7(18,19)20/h(H,21,22). The molecular weight excluding hydrogens is 379 g/mol. The Balaban J connectivity index is 6.29. The van der Waals surface area contributed by atoms with E-state index in [0.29, 0.717) is 0 Å². The first-order valence-corrected chi connectivity index (χ1v) is 4.83. The molecule has 0 atom stereocenters. The molecule has 0 unspecified atom stereocenters.